The Bertz CT molecular complexity index is 1170. The SMILES string of the molecule is Cc1nc(NS(=O)(=O)c2ccc(N)cc2)oc1C.Nc1ccc(S(N)(=O)=O)cc1. The lowest BCUT2D eigenvalue weighted by molar-refractivity contribution is 0.541. The molecule has 0 aliphatic rings. The van der Waals surface area contributed by atoms with Gasteiger partial charge in [0.15, 0.2) is 0 Å². The molecule has 29 heavy (non-hydrogen) atoms. The molecule has 0 amide bonds. The monoisotopic (exact) mass is 439 g/mol. The van der Waals surface area contributed by atoms with Gasteiger partial charge in [-0.2, -0.15) is 4.98 Å². The maximum Gasteiger partial charge on any atom is 0.309 e. The highest BCUT2D eigenvalue weighted by molar-refractivity contribution is 7.92. The predicted molar refractivity (Wildman–Crippen MR) is 110 cm³/mol. The van der Waals surface area contributed by atoms with Crippen molar-refractivity contribution in [2.75, 3.05) is 16.2 Å². The Morgan fingerprint density at radius 2 is 1.28 bits per heavy atom. The van der Waals surface area contributed by atoms with Crippen LogP contribution in [-0.4, -0.2) is 21.8 Å². The molecular weight excluding hydrogens is 418 g/mol. The Balaban J connectivity index is 0.000000234. The molecule has 2 aromatic carbocycles. The average molecular weight is 440 g/mol. The Morgan fingerprint density at radius 3 is 1.66 bits per heavy atom. The lowest BCUT2D eigenvalue weighted by Gasteiger charge is -2.04. The summed E-state index contributed by atoms with van der Waals surface area (Å²) in [5.41, 5.74) is 12.5. The van der Waals surface area contributed by atoms with Gasteiger partial charge >= 0.3 is 6.01 Å². The molecule has 1 heterocycles. The third-order valence-electron chi connectivity index (χ3n) is 3.65. The fourth-order valence-corrected chi connectivity index (χ4v) is 3.44. The van der Waals surface area contributed by atoms with Gasteiger partial charge in [-0.15, -0.1) is 0 Å². The summed E-state index contributed by atoms with van der Waals surface area (Å²) in [6.45, 7) is 3.45. The van der Waals surface area contributed by atoms with E-state index in [2.05, 4.69) is 9.71 Å². The maximum atomic E-state index is 12.0. The number of nitrogen functional groups attached to an aromatic ring is 2. The number of oxazole rings is 1. The van der Waals surface area contributed by atoms with Crippen molar-refractivity contribution in [1.29, 1.82) is 0 Å². The van der Waals surface area contributed by atoms with Crippen molar-refractivity contribution >= 4 is 37.4 Å². The molecule has 10 nitrogen and oxygen atoms in total. The number of hydrogen-bond donors (Lipinski definition) is 4. The van der Waals surface area contributed by atoms with E-state index in [0.717, 1.165) is 0 Å². The molecule has 0 bridgehead atoms. The van der Waals surface area contributed by atoms with Crippen LogP contribution in [0.15, 0.2) is 62.7 Å². The minimum Gasteiger partial charge on any atom is -0.428 e. The van der Waals surface area contributed by atoms with Crippen molar-refractivity contribution in [2.45, 2.75) is 23.6 Å². The lowest BCUT2D eigenvalue weighted by Crippen LogP contribution is -2.13. The molecule has 7 N–H and O–H groups in total. The zero-order valence-electron chi connectivity index (χ0n) is 15.7. The Morgan fingerprint density at radius 1 is 0.828 bits per heavy atom. The Kier molecular flexibility index (Phi) is 6.51. The molecular formula is C17H21N5O5S2. The topological polar surface area (TPSA) is 184 Å². The van der Waals surface area contributed by atoms with Gasteiger partial charge < -0.3 is 15.9 Å². The summed E-state index contributed by atoms with van der Waals surface area (Å²) in [6, 6.07) is 11.5. The van der Waals surface area contributed by atoms with Gasteiger partial charge in [0, 0.05) is 11.4 Å². The molecule has 0 saturated heterocycles. The van der Waals surface area contributed by atoms with Gasteiger partial charge in [0.1, 0.15) is 5.76 Å². The smallest absolute Gasteiger partial charge is 0.309 e. The Labute approximate surface area is 168 Å². The first-order valence-corrected chi connectivity index (χ1v) is 11.1. The van der Waals surface area contributed by atoms with E-state index in [9.17, 15) is 16.8 Å². The molecule has 3 rings (SSSR count). The minimum absolute atomic E-state index is 0.0400. The number of aryl methyl sites for hydroxylation is 2. The van der Waals surface area contributed by atoms with Gasteiger partial charge in [0.2, 0.25) is 10.0 Å². The van der Waals surface area contributed by atoms with E-state index >= 15 is 0 Å². The normalized spacial score (nSPS) is 11.4. The molecule has 0 unspecified atom stereocenters. The molecule has 0 saturated carbocycles. The van der Waals surface area contributed by atoms with Crippen molar-refractivity contribution in [1.82, 2.24) is 4.98 Å². The first kappa shape index (κ1) is 22.2. The fraction of sp³-hybridized carbons (Fsp3) is 0.118. The second-order valence-corrected chi connectivity index (χ2v) is 9.19. The quantitative estimate of drug-likeness (QED) is 0.441. The van der Waals surface area contributed by atoms with Gasteiger partial charge in [-0.05, 0) is 62.4 Å². The van der Waals surface area contributed by atoms with E-state index in [1.54, 1.807) is 13.8 Å². The number of nitrogens with one attached hydrogen (secondary N) is 1. The van der Waals surface area contributed by atoms with Crippen LogP contribution in [0.5, 0.6) is 0 Å². The van der Waals surface area contributed by atoms with Gasteiger partial charge in [0.25, 0.3) is 10.0 Å². The van der Waals surface area contributed by atoms with E-state index < -0.39 is 20.0 Å². The minimum atomic E-state index is -3.70. The third-order valence-corrected chi connectivity index (χ3v) is 5.91. The molecule has 0 aliphatic carbocycles. The van der Waals surface area contributed by atoms with E-state index in [-0.39, 0.29) is 15.8 Å². The lowest BCUT2D eigenvalue weighted by atomic mass is 10.3. The second-order valence-electron chi connectivity index (χ2n) is 5.95. The summed E-state index contributed by atoms with van der Waals surface area (Å²) in [5, 5.41) is 4.84. The van der Waals surface area contributed by atoms with Crippen LogP contribution in [0.3, 0.4) is 0 Å². The number of rotatable bonds is 4. The number of primary sulfonamides is 1. The average Bonchev–Trinajstić information content (AvgIpc) is 2.92. The summed E-state index contributed by atoms with van der Waals surface area (Å²) >= 11 is 0. The van der Waals surface area contributed by atoms with Crippen LogP contribution in [0.4, 0.5) is 17.4 Å². The number of anilines is 3. The van der Waals surface area contributed by atoms with Crippen molar-refractivity contribution in [3.8, 4) is 0 Å². The summed E-state index contributed by atoms with van der Waals surface area (Å²) in [6.07, 6.45) is 0. The standard InChI is InChI=1S/C11H13N3O3S.C6H8N2O2S/c1-7-8(2)17-11(13-7)14-18(15,16)10-5-3-9(12)4-6-10;7-5-1-3-6(4-2-5)11(8,9)10/h3-6H,12H2,1-2H3,(H,13,14);1-4H,7H2,(H2,8,9,10). The highest BCUT2D eigenvalue weighted by Gasteiger charge is 2.17. The zero-order chi connectivity index (χ0) is 21.8. The zero-order valence-corrected chi connectivity index (χ0v) is 17.3. The molecule has 0 spiro atoms. The van der Waals surface area contributed by atoms with Crippen LogP contribution < -0.4 is 21.3 Å². The van der Waals surface area contributed by atoms with Crippen molar-refractivity contribution in [2.24, 2.45) is 5.14 Å². The molecule has 156 valence electrons. The van der Waals surface area contributed by atoms with Crippen molar-refractivity contribution < 1.29 is 21.3 Å². The Hall–Kier alpha value is -3.09. The number of aromatic nitrogens is 1. The number of nitrogens with two attached hydrogens (primary N) is 3. The van der Waals surface area contributed by atoms with E-state index in [1.165, 1.54) is 48.5 Å². The first-order valence-electron chi connectivity index (χ1n) is 8.09. The number of hydrogen-bond acceptors (Lipinski definition) is 8. The summed E-state index contributed by atoms with van der Waals surface area (Å²) in [7, 11) is -7.27. The highest BCUT2D eigenvalue weighted by atomic mass is 32.2. The van der Waals surface area contributed by atoms with Crippen LogP contribution in [0, 0.1) is 13.8 Å². The number of sulfonamides is 2. The van der Waals surface area contributed by atoms with E-state index in [4.69, 9.17) is 21.0 Å². The van der Waals surface area contributed by atoms with Crippen LogP contribution in [0.2, 0.25) is 0 Å². The summed E-state index contributed by atoms with van der Waals surface area (Å²) in [4.78, 5) is 4.13. The van der Waals surface area contributed by atoms with Crippen molar-refractivity contribution in [3.63, 3.8) is 0 Å². The van der Waals surface area contributed by atoms with Crippen LogP contribution in [0.1, 0.15) is 11.5 Å². The second kappa shape index (κ2) is 8.51. The fourth-order valence-electron chi connectivity index (χ4n) is 1.99. The van der Waals surface area contributed by atoms with Crippen LogP contribution in [0.25, 0.3) is 0 Å². The largest absolute Gasteiger partial charge is 0.428 e. The van der Waals surface area contributed by atoms with Gasteiger partial charge in [-0.25, -0.2) is 26.7 Å². The third kappa shape index (κ3) is 6.20. The first-order chi connectivity index (χ1) is 13.4. The van der Waals surface area contributed by atoms with Crippen molar-refractivity contribution in [3.05, 3.63) is 60.0 Å². The van der Waals surface area contributed by atoms with Crippen LogP contribution >= 0.6 is 0 Å². The van der Waals surface area contributed by atoms with Gasteiger partial charge in [-0.1, -0.05) is 0 Å². The molecule has 0 aliphatic heterocycles. The number of nitrogens with zero attached hydrogens (tertiary/aromatic N) is 1. The molecule has 0 atom stereocenters. The van der Waals surface area contributed by atoms with Gasteiger partial charge in [0.05, 0.1) is 15.5 Å². The number of benzene rings is 2. The molecule has 12 heteroatoms. The maximum absolute atomic E-state index is 12.0. The molecule has 0 radical (unpaired) electrons. The van der Waals surface area contributed by atoms with E-state index in [0.29, 0.717) is 22.8 Å². The molecule has 1 aromatic heterocycles. The van der Waals surface area contributed by atoms with Gasteiger partial charge in [-0.3, -0.25) is 0 Å². The molecule has 3 aromatic rings. The summed E-state index contributed by atoms with van der Waals surface area (Å²) in [5.74, 6) is 0.574. The summed E-state index contributed by atoms with van der Waals surface area (Å²) < 4.78 is 52.8. The van der Waals surface area contributed by atoms with E-state index in [1.807, 2.05) is 0 Å². The van der Waals surface area contributed by atoms with Crippen LogP contribution in [-0.2, 0) is 20.0 Å². The predicted octanol–water partition coefficient (Wildman–Crippen LogP) is 1.59. The highest BCUT2D eigenvalue weighted by Crippen LogP contribution is 2.18. The molecule has 0 fully saturated rings.